The number of rotatable bonds is 5. The van der Waals surface area contributed by atoms with Crippen LogP contribution in [0.2, 0.25) is 0 Å². The van der Waals surface area contributed by atoms with Gasteiger partial charge in [0.1, 0.15) is 22.3 Å². The van der Waals surface area contributed by atoms with Gasteiger partial charge in [-0.2, -0.15) is 0 Å². The van der Waals surface area contributed by atoms with Crippen LogP contribution in [0.1, 0.15) is 32.9 Å². The highest BCUT2D eigenvalue weighted by Gasteiger charge is 2.20. The lowest BCUT2D eigenvalue weighted by molar-refractivity contribution is 0.669. The molecule has 0 saturated heterocycles. The van der Waals surface area contributed by atoms with Crippen LogP contribution in [0, 0.1) is 0 Å². The van der Waals surface area contributed by atoms with Crippen LogP contribution in [-0.2, 0) is 0 Å². The molecule has 49 heavy (non-hydrogen) atoms. The van der Waals surface area contributed by atoms with Crippen LogP contribution in [0.25, 0.3) is 76.9 Å². The zero-order valence-electron chi connectivity index (χ0n) is 48.7. The summed E-state index contributed by atoms with van der Waals surface area (Å²) in [7, 11) is 0. The van der Waals surface area contributed by atoms with Crippen LogP contribution >= 0.6 is 0 Å². The van der Waals surface area contributed by atoms with Gasteiger partial charge in [0.25, 0.3) is 0 Å². The van der Waals surface area contributed by atoms with Gasteiger partial charge in [-0.05, 0) is 88.1 Å². The first-order chi connectivity index (χ1) is 34.3. The Hall–Kier alpha value is -6.58. The minimum atomic E-state index is -1.13. The summed E-state index contributed by atoms with van der Waals surface area (Å²) < 4.78 is 229. The number of nitrogens with zero attached hydrogens (tertiary/aromatic N) is 1. The molecule has 0 spiro atoms. The fraction of sp³-hybridized carbons (Fsp3) is 0. The number of furan rings is 2. The lowest BCUT2D eigenvalue weighted by Gasteiger charge is -2.26. The molecule has 3 nitrogen and oxygen atoms in total. The lowest BCUT2D eigenvalue weighted by Crippen LogP contribution is -2.10. The van der Waals surface area contributed by atoms with Crippen molar-refractivity contribution in [3.8, 4) is 22.3 Å². The first kappa shape index (κ1) is 12.8. The Morgan fingerprint density at radius 1 is 0.429 bits per heavy atom. The van der Waals surface area contributed by atoms with Crippen LogP contribution < -0.4 is 4.90 Å². The van der Waals surface area contributed by atoms with E-state index in [-0.39, 0.29) is 16.5 Å². The number of para-hydroxylation sites is 1. The molecule has 0 amide bonds. The third kappa shape index (κ3) is 4.51. The van der Waals surface area contributed by atoms with Gasteiger partial charge in [0, 0.05) is 32.9 Å². The molecule has 0 unspecified atom stereocenters. The monoisotopic (exact) mass is 651 g/mol. The summed E-state index contributed by atoms with van der Waals surface area (Å²) in [5.41, 5.74) is -6.43. The summed E-state index contributed by atoms with van der Waals surface area (Å²) in [6, 6.07) is -12.7. The Morgan fingerprint density at radius 3 is 1.88 bits per heavy atom. The molecule has 0 aliphatic heterocycles. The van der Waals surface area contributed by atoms with E-state index in [9.17, 15) is 15.1 Å². The van der Waals surface area contributed by atoms with Gasteiger partial charge in [0.15, 0.2) is 0 Å². The van der Waals surface area contributed by atoms with Gasteiger partial charge in [0.2, 0.25) is 0 Å². The summed E-state index contributed by atoms with van der Waals surface area (Å²) >= 11 is 0. The van der Waals surface area contributed by atoms with Crippen molar-refractivity contribution in [1.29, 1.82) is 0 Å². The van der Waals surface area contributed by atoms with Crippen molar-refractivity contribution >= 4 is 71.7 Å². The van der Waals surface area contributed by atoms with Gasteiger partial charge < -0.3 is 13.7 Å². The Balaban J connectivity index is 1.40. The van der Waals surface area contributed by atoms with E-state index in [1.54, 1.807) is 18.2 Å². The van der Waals surface area contributed by atoms with Crippen molar-refractivity contribution in [2.24, 2.45) is 0 Å². The zero-order chi connectivity index (χ0) is 53.2. The predicted molar refractivity (Wildman–Crippen MR) is 204 cm³/mol. The van der Waals surface area contributed by atoms with Gasteiger partial charge in [-0.1, -0.05) is 115 Å². The number of hydrogen-bond acceptors (Lipinski definition) is 3. The highest BCUT2D eigenvalue weighted by atomic mass is 16.3. The van der Waals surface area contributed by atoms with Crippen molar-refractivity contribution in [2.45, 2.75) is 0 Å². The quantitative estimate of drug-likeness (QED) is 0.185. The van der Waals surface area contributed by atoms with Crippen molar-refractivity contribution in [3.05, 3.63) is 175 Å². The van der Waals surface area contributed by atoms with E-state index in [4.69, 9.17) is 26.7 Å². The fourth-order valence-corrected chi connectivity index (χ4v) is 5.59. The molecule has 0 bridgehead atoms. The highest BCUT2D eigenvalue weighted by Crippen LogP contribution is 2.45. The third-order valence-electron chi connectivity index (χ3n) is 7.82. The van der Waals surface area contributed by atoms with Gasteiger partial charge in [0.05, 0.1) is 44.0 Å². The third-order valence-corrected chi connectivity index (χ3v) is 7.82. The second-order valence-electron chi connectivity index (χ2n) is 10.6. The van der Waals surface area contributed by atoms with E-state index < -0.39 is 222 Å². The van der Waals surface area contributed by atoms with Crippen molar-refractivity contribution in [3.63, 3.8) is 0 Å². The molecule has 0 aliphatic rings. The maximum absolute atomic E-state index is 9.67. The van der Waals surface area contributed by atoms with E-state index in [2.05, 4.69) is 0 Å². The number of fused-ring (bicyclic) bond motifs is 8. The summed E-state index contributed by atoms with van der Waals surface area (Å²) in [5.74, 6) is 0. The minimum absolute atomic E-state index is 0.213. The molecule has 230 valence electrons. The molecule has 2 heterocycles. The average molecular weight is 652 g/mol. The van der Waals surface area contributed by atoms with Crippen LogP contribution in [0.4, 0.5) is 17.1 Å². The topological polar surface area (TPSA) is 29.5 Å². The average Bonchev–Trinajstić information content (AvgIpc) is 3.97. The molecule has 10 rings (SSSR count). The van der Waals surface area contributed by atoms with Crippen molar-refractivity contribution < 1.29 is 41.7 Å². The standard InChI is InChI=1S/C46H29NO2/c1-2-9-30(10-3-1)31-17-23-35(24-18-31)47(41-14-8-16-44-45(41)39-27-21-33-11-4-5-12-37(33)46(39)49-44)36-25-19-32(20-26-36)34-22-28-43-40(29-34)38-13-6-7-15-42(38)48-43/h1-29H/i4D,5D,6D,7D,8D,11D,12D,13D,14D,15D,16D,17D,18D,19D,20D,21D,22D,23D,24D,25D,26D,27D,28D,29D. The predicted octanol–water partition coefficient (Wildman–Crippen LogP) is 13.4. The maximum Gasteiger partial charge on any atom is 0.143 e. The van der Waals surface area contributed by atoms with Gasteiger partial charge in [-0.3, -0.25) is 0 Å². The summed E-state index contributed by atoms with van der Waals surface area (Å²) in [5, 5.41) is -2.84. The molecule has 0 N–H and O–H groups in total. The molecular formula is C46H29NO2. The first-order valence-corrected chi connectivity index (χ1v) is 14.6. The van der Waals surface area contributed by atoms with E-state index in [0.29, 0.717) is 4.90 Å². The van der Waals surface area contributed by atoms with Crippen molar-refractivity contribution in [2.75, 3.05) is 4.90 Å². The maximum atomic E-state index is 9.67. The largest absolute Gasteiger partial charge is 0.456 e. The Bertz CT molecular complexity index is 4150. The Morgan fingerprint density at radius 2 is 1.08 bits per heavy atom. The van der Waals surface area contributed by atoms with Gasteiger partial charge in [-0.15, -0.1) is 0 Å². The van der Waals surface area contributed by atoms with Crippen LogP contribution in [0.5, 0.6) is 0 Å². The molecule has 0 saturated carbocycles. The Labute approximate surface area is 316 Å². The smallest absolute Gasteiger partial charge is 0.143 e. The SMILES string of the molecule is [2H]c1c([2H])c(N(c2c([2H])c([2H])c(-c3c([2H])c([2H])c4oc5c([2H])c([2H])c([2H])c([2H])c5c4c3[2H])c([2H])c2[2H])c2c([2H])c([2H])c([2H])c3oc4c5c([2H])c([2H])c([2H])c([2H])c5c([2H])c([2H])c4c23)c([2H])c([2H])c1-c1ccccc1. The zero-order valence-corrected chi connectivity index (χ0v) is 24.7. The molecule has 0 aliphatic carbocycles. The molecule has 3 heteroatoms. The Kier molecular flexibility index (Phi) is 2.87. The van der Waals surface area contributed by atoms with Crippen molar-refractivity contribution in [1.82, 2.24) is 0 Å². The molecular weight excluding hydrogens is 599 g/mol. The lowest BCUT2D eigenvalue weighted by atomic mass is 10.0. The second-order valence-corrected chi connectivity index (χ2v) is 10.6. The minimum Gasteiger partial charge on any atom is -0.456 e. The van der Waals surface area contributed by atoms with E-state index in [1.807, 2.05) is 0 Å². The van der Waals surface area contributed by atoms with E-state index in [0.717, 1.165) is 0 Å². The number of benzene rings is 8. The molecule has 0 fully saturated rings. The van der Waals surface area contributed by atoms with Gasteiger partial charge in [-0.25, -0.2) is 0 Å². The molecule has 0 atom stereocenters. The van der Waals surface area contributed by atoms with E-state index in [1.165, 1.54) is 12.1 Å². The van der Waals surface area contributed by atoms with E-state index >= 15 is 0 Å². The normalized spacial score (nSPS) is 18.5. The first-order valence-electron chi connectivity index (χ1n) is 26.6. The van der Waals surface area contributed by atoms with Gasteiger partial charge >= 0.3 is 0 Å². The second kappa shape index (κ2) is 11.0. The summed E-state index contributed by atoms with van der Waals surface area (Å²) in [4.78, 5) is 0.590. The number of hydrogen-bond donors (Lipinski definition) is 0. The highest BCUT2D eigenvalue weighted by molar-refractivity contribution is 6.19. The molecule has 0 radical (unpaired) electrons. The summed E-state index contributed by atoms with van der Waals surface area (Å²) in [6.07, 6.45) is 0. The fourth-order valence-electron chi connectivity index (χ4n) is 5.59. The van der Waals surface area contributed by atoms with Crippen LogP contribution in [-0.4, -0.2) is 0 Å². The van der Waals surface area contributed by atoms with Crippen LogP contribution in [0.15, 0.2) is 184 Å². The molecule has 8 aromatic carbocycles. The molecule has 2 aromatic heterocycles. The molecule has 10 aromatic rings. The number of anilines is 3. The van der Waals surface area contributed by atoms with Crippen LogP contribution in [0.3, 0.4) is 0 Å². The summed E-state index contributed by atoms with van der Waals surface area (Å²) in [6.45, 7) is 0.